The summed E-state index contributed by atoms with van der Waals surface area (Å²) in [5.41, 5.74) is 2.95. The smallest absolute Gasteiger partial charge is 0.262 e. The average Bonchev–Trinajstić information content (AvgIpc) is 2.75. The maximum absolute atomic E-state index is 12.8. The monoisotopic (exact) mass is 486 g/mol. The van der Waals surface area contributed by atoms with Crippen molar-refractivity contribution < 1.29 is 21.6 Å². The minimum absolute atomic E-state index is 0.208. The number of sulfonamides is 1. The fourth-order valence-electron chi connectivity index (χ4n) is 3.26. The number of rotatable bonds is 7. The van der Waals surface area contributed by atoms with Crippen LogP contribution in [0.5, 0.6) is 0 Å². The molecule has 0 bridgehead atoms. The van der Waals surface area contributed by atoms with Gasteiger partial charge in [-0.2, -0.15) is 0 Å². The Morgan fingerprint density at radius 1 is 0.848 bits per heavy atom. The quantitative estimate of drug-likeness (QED) is 0.525. The van der Waals surface area contributed by atoms with Crippen molar-refractivity contribution in [2.75, 3.05) is 11.0 Å². The van der Waals surface area contributed by atoms with Gasteiger partial charge in [-0.25, -0.2) is 16.8 Å². The Balaban J connectivity index is 1.69. The molecule has 0 saturated heterocycles. The Morgan fingerprint density at radius 2 is 1.45 bits per heavy atom. The highest BCUT2D eigenvalue weighted by Gasteiger charge is 2.18. The molecule has 7 nitrogen and oxygen atoms in total. The standard InChI is InChI=1S/C24H26N2O5S2/c1-16-5-6-17(2)23(15-16)33(30,31)26-21-11-7-20(8-12-21)24(27)25-18(3)19-9-13-22(14-10-19)32(4,28)29/h5-15,18,26H,1-4H3,(H,25,27). The summed E-state index contributed by atoms with van der Waals surface area (Å²) in [5, 5.41) is 2.85. The zero-order valence-corrected chi connectivity index (χ0v) is 20.4. The van der Waals surface area contributed by atoms with Crippen LogP contribution in [-0.4, -0.2) is 29.0 Å². The van der Waals surface area contributed by atoms with Crippen LogP contribution in [-0.2, 0) is 19.9 Å². The third-order valence-corrected chi connectivity index (χ3v) is 7.84. The van der Waals surface area contributed by atoms with Crippen LogP contribution in [0.1, 0.15) is 40.0 Å². The molecule has 1 atom stereocenters. The van der Waals surface area contributed by atoms with E-state index in [0.29, 0.717) is 16.8 Å². The van der Waals surface area contributed by atoms with Crippen LogP contribution < -0.4 is 10.0 Å². The highest BCUT2D eigenvalue weighted by molar-refractivity contribution is 7.92. The molecule has 0 aliphatic carbocycles. The topological polar surface area (TPSA) is 109 Å². The lowest BCUT2D eigenvalue weighted by molar-refractivity contribution is 0.0940. The van der Waals surface area contributed by atoms with Crippen molar-refractivity contribution in [1.29, 1.82) is 0 Å². The average molecular weight is 487 g/mol. The second kappa shape index (κ2) is 9.36. The number of sulfone groups is 1. The molecule has 1 unspecified atom stereocenters. The summed E-state index contributed by atoms with van der Waals surface area (Å²) in [6, 6.07) is 17.3. The van der Waals surface area contributed by atoms with E-state index >= 15 is 0 Å². The van der Waals surface area contributed by atoms with Gasteiger partial charge in [-0.15, -0.1) is 0 Å². The molecule has 174 valence electrons. The van der Waals surface area contributed by atoms with Gasteiger partial charge in [0.25, 0.3) is 15.9 Å². The zero-order valence-electron chi connectivity index (χ0n) is 18.8. The van der Waals surface area contributed by atoms with Crippen LogP contribution in [0.2, 0.25) is 0 Å². The molecule has 0 saturated carbocycles. The lowest BCUT2D eigenvalue weighted by atomic mass is 10.1. The van der Waals surface area contributed by atoms with E-state index in [1.165, 1.54) is 36.4 Å². The molecule has 0 aromatic heterocycles. The number of carbonyl (C=O) groups is 1. The van der Waals surface area contributed by atoms with Crippen molar-refractivity contribution >= 4 is 31.5 Å². The maximum atomic E-state index is 12.8. The Bertz CT molecular complexity index is 1380. The summed E-state index contributed by atoms with van der Waals surface area (Å²) in [6.07, 6.45) is 1.14. The Morgan fingerprint density at radius 3 is 2.03 bits per heavy atom. The maximum Gasteiger partial charge on any atom is 0.262 e. The summed E-state index contributed by atoms with van der Waals surface area (Å²) in [6.45, 7) is 5.35. The summed E-state index contributed by atoms with van der Waals surface area (Å²) < 4.78 is 51.2. The van der Waals surface area contributed by atoms with E-state index in [-0.39, 0.29) is 21.7 Å². The predicted molar refractivity (Wildman–Crippen MR) is 129 cm³/mol. The van der Waals surface area contributed by atoms with Gasteiger partial charge >= 0.3 is 0 Å². The minimum atomic E-state index is -3.76. The first-order valence-electron chi connectivity index (χ1n) is 10.2. The molecule has 0 aliphatic rings. The van der Waals surface area contributed by atoms with Gasteiger partial charge in [0.1, 0.15) is 0 Å². The van der Waals surface area contributed by atoms with E-state index in [4.69, 9.17) is 0 Å². The first-order chi connectivity index (χ1) is 15.4. The first kappa shape index (κ1) is 24.5. The molecule has 0 aliphatic heterocycles. The van der Waals surface area contributed by atoms with E-state index < -0.39 is 19.9 Å². The van der Waals surface area contributed by atoms with Crippen LogP contribution in [0.15, 0.2) is 76.5 Å². The molecule has 2 N–H and O–H groups in total. The number of benzene rings is 3. The number of anilines is 1. The van der Waals surface area contributed by atoms with Crippen molar-refractivity contribution in [3.63, 3.8) is 0 Å². The lowest BCUT2D eigenvalue weighted by Gasteiger charge is -2.15. The summed E-state index contributed by atoms with van der Waals surface area (Å²) in [5.74, 6) is -0.335. The van der Waals surface area contributed by atoms with Gasteiger partial charge in [0.15, 0.2) is 9.84 Å². The first-order valence-corrected chi connectivity index (χ1v) is 13.6. The SMILES string of the molecule is Cc1ccc(C)c(S(=O)(=O)Nc2ccc(C(=O)NC(C)c3ccc(S(C)(=O)=O)cc3)cc2)c1. The third kappa shape index (κ3) is 6.00. The minimum Gasteiger partial charge on any atom is -0.346 e. The molecule has 1 amide bonds. The molecule has 3 aromatic carbocycles. The second-order valence-corrected chi connectivity index (χ2v) is 11.7. The third-order valence-electron chi connectivity index (χ3n) is 5.19. The number of carbonyl (C=O) groups excluding carboxylic acids is 1. The van der Waals surface area contributed by atoms with Gasteiger partial charge in [-0.1, -0.05) is 24.3 Å². The predicted octanol–water partition coefficient (Wildman–Crippen LogP) is 4.00. The van der Waals surface area contributed by atoms with E-state index in [2.05, 4.69) is 10.0 Å². The molecule has 3 aromatic rings. The number of aryl methyl sites for hydroxylation is 2. The molecule has 9 heteroatoms. The number of amides is 1. The molecule has 3 rings (SSSR count). The Kier molecular flexibility index (Phi) is 6.94. The van der Waals surface area contributed by atoms with Gasteiger partial charge in [0.05, 0.1) is 15.8 Å². The lowest BCUT2D eigenvalue weighted by Crippen LogP contribution is -2.26. The van der Waals surface area contributed by atoms with E-state index in [1.54, 1.807) is 38.1 Å². The van der Waals surface area contributed by atoms with Crippen LogP contribution in [0.25, 0.3) is 0 Å². The number of hydrogen-bond donors (Lipinski definition) is 2. The van der Waals surface area contributed by atoms with Crippen molar-refractivity contribution in [3.8, 4) is 0 Å². The van der Waals surface area contributed by atoms with Gasteiger partial charge in [-0.3, -0.25) is 9.52 Å². The largest absolute Gasteiger partial charge is 0.346 e. The van der Waals surface area contributed by atoms with Crippen molar-refractivity contribution in [1.82, 2.24) is 5.32 Å². The van der Waals surface area contributed by atoms with Crippen molar-refractivity contribution in [2.24, 2.45) is 0 Å². The van der Waals surface area contributed by atoms with E-state index in [1.807, 2.05) is 13.0 Å². The summed E-state index contributed by atoms with van der Waals surface area (Å²) in [7, 11) is -7.05. The molecular formula is C24H26N2O5S2. The highest BCUT2D eigenvalue weighted by atomic mass is 32.2. The Labute approximate surface area is 194 Å². The molecule has 0 fully saturated rings. The van der Waals surface area contributed by atoms with Gasteiger partial charge in [0, 0.05) is 17.5 Å². The van der Waals surface area contributed by atoms with Crippen molar-refractivity contribution in [2.45, 2.75) is 36.6 Å². The van der Waals surface area contributed by atoms with Crippen LogP contribution in [0.3, 0.4) is 0 Å². The van der Waals surface area contributed by atoms with E-state index in [9.17, 15) is 21.6 Å². The molecule has 0 heterocycles. The van der Waals surface area contributed by atoms with Crippen molar-refractivity contribution in [3.05, 3.63) is 89.0 Å². The van der Waals surface area contributed by atoms with Crippen LogP contribution >= 0.6 is 0 Å². The molecule has 0 radical (unpaired) electrons. The van der Waals surface area contributed by atoms with Gasteiger partial charge in [-0.05, 0) is 79.9 Å². The van der Waals surface area contributed by atoms with Gasteiger partial charge in [0.2, 0.25) is 0 Å². The fraction of sp³-hybridized carbons (Fsp3) is 0.208. The van der Waals surface area contributed by atoms with Crippen LogP contribution in [0.4, 0.5) is 5.69 Å². The molecule has 0 spiro atoms. The normalized spacial score (nSPS) is 12.7. The second-order valence-electron chi connectivity index (χ2n) is 7.99. The Hall–Kier alpha value is -3.17. The molecular weight excluding hydrogens is 460 g/mol. The number of nitrogens with one attached hydrogen (secondary N) is 2. The van der Waals surface area contributed by atoms with Gasteiger partial charge < -0.3 is 5.32 Å². The molecule has 33 heavy (non-hydrogen) atoms. The fourth-order valence-corrected chi connectivity index (χ4v) is 5.28. The highest BCUT2D eigenvalue weighted by Crippen LogP contribution is 2.22. The summed E-state index contributed by atoms with van der Waals surface area (Å²) >= 11 is 0. The van der Waals surface area contributed by atoms with E-state index in [0.717, 1.165) is 17.4 Å². The number of hydrogen-bond acceptors (Lipinski definition) is 5. The zero-order chi connectivity index (χ0) is 24.4. The summed E-state index contributed by atoms with van der Waals surface area (Å²) in [4.78, 5) is 13.0. The van der Waals surface area contributed by atoms with Crippen LogP contribution in [0, 0.1) is 13.8 Å².